The number of anilines is 1. The predicted molar refractivity (Wildman–Crippen MR) is 72.0 cm³/mol. The number of alkyl halides is 3. The van der Waals surface area contributed by atoms with E-state index in [-0.39, 0.29) is 12.4 Å². The Morgan fingerprint density at radius 1 is 1.18 bits per heavy atom. The number of nitrogens with zero attached hydrogens (tertiary/aromatic N) is 2. The molecule has 0 bridgehead atoms. The van der Waals surface area contributed by atoms with Crippen LogP contribution in [0.15, 0.2) is 30.5 Å². The van der Waals surface area contributed by atoms with Crippen LogP contribution in [0.3, 0.4) is 0 Å². The van der Waals surface area contributed by atoms with Gasteiger partial charge >= 0.3 is 12.2 Å². The Balaban J connectivity index is 2.02. The summed E-state index contributed by atoms with van der Waals surface area (Å²) < 4.78 is 54.1. The maximum Gasteiger partial charge on any atom is 0.422 e. The van der Waals surface area contributed by atoms with Gasteiger partial charge in [-0.25, -0.2) is 9.37 Å². The van der Waals surface area contributed by atoms with Crippen molar-refractivity contribution in [1.29, 1.82) is 0 Å². The van der Waals surface area contributed by atoms with Gasteiger partial charge in [0.15, 0.2) is 18.2 Å². The molecule has 0 aliphatic rings. The number of aryl methyl sites for hydroxylation is 1. The smallest absolute Gasteiger partial charge is 0.422 e. The van der Waals surface area contributed by atoms with Crippen molar-refractivity contribution in [2.75, 3.05) is 11.9 Å². The van der Waals surface area contributed by atoms with Gasteiger partial charge in [0.1, 0.15) is 0 Å². The minimum absolute atomic E-state index is 0.215. The number of benzene rings is 1. The Labute approximate surface area is 124 Å². The average Bonchev–Trinajstić information content (AvgIpc) is 2.46. The lowest BCUT2D eigenvalue weighted by molar-refractivity contribution is -0.154. The zero-order valence-electron chi connectivity index (χ0n) is 11.6. The minimum atomic E-state index is -4.51. The molecule has 0 saturated carbocycles. The van der Waals surface area contributed by atoms with Gasteiger partial charge in [-0.05, 0) is 12.5 Å². The second-order valence-electron chi connectivity index (χ2n) is 4.59. The number of rotatable bonds is 5. The second kappa shape index (κ2) is 6.59. The van der Waals surface area contributed by atoms with E-state index in [1.54, 1.807) is 0 Å². The number of hydrogen-bond donors (Lipinski definition) is 1. The van der Waals surface area contributed by atoms with E-state index in [0.717, 1.165) is 17.3 Å². The lowest BCUT2D eigenvalue weighted by Crippen LogP contribution is -2.20. The van der Waals surface area contributed by atoms with Gasteiger partial charge in [-0.15, -0.1) is 0 Å². The molecule has 8 heteroatoms. The summed E-state index contributed by atoms with van der Waals surface area (Å²) in [5.74, 6) is -0.987. The van der Waals surface area contributed by atoms with Crippen molar-refractivity contribution in [3.05, 3.63) is 47.4 Å². The predicted octanol–water partition coefficient (Wildman–Crippen LogP) is 3.48. The molecule has 0 unspecified atom stereocenters. The van der Waals surface area contributed by atoms with Crippen LogP contribution in [0.5, 0.6) is 6.01 Å². The van der Waals surface area contributed by atoms with Gasteiger partial charge in [0.05, 0.1) is 6.20 Å². The maximum atomic E-state index is 13.5. The summed E-state index contributed by atoms with van der Waals surface area (Å²) in [6, 6.07) is 6.95. The SMILES string of the molecule is Cc1ccc(CNc2nc(OCC(F)(F)F)ncc2F)cc1. The Kier molecular flexibility index (Phi) is 4.79. The molecule has 1 aromatic carbocycles. The number of aromatic nitrogens is 2. The van der Waals surface area contributed by atoms with Gasteiger partial charge in [-0.2, -0.15) is 18.2 Å². The minimum Gasteiger partial charge on any atom is -0.454 e. The molecule has 0 radical (unpaired) electrons. The Bertz CT molecular complexity index is 629. The largest absolute Gasteiger partial charge is 0.454 e. The molecular formula is C14H13F4N3O. The Morgan fingerprint density at radius 3 is 2.50 bits per heavy atom. The zero-order valence-corrected chi connectivity index (χ0v) is 11.6. The van der Waals surface area contributed by atoms with Crippen molar-refractivity contribution in [3.63, 3.8) is 0 Å². The summed E-state index contributed by atoms with van der Waals surface area (Å²) in [5, 5.41) is 2.70. The van der Waals surface area contributed by atoms with Gasteiger partial charge in [-0.1, -0.05) is 29.8 Å². The molecule has 0 aliphatic heterocycles. The first-order valence-electron chi connectivity index (χ1n) is 6.35. The Hall–Kier alpha value is -2.38. The number of nitrogens with one attached hydrogen (secondary N) is 1. The van der Waals surface area contributed by atoms with Crippen LogP contribution in [0.25, 0.3) is 0 Å². The fraction of sp³-hybridized carbons (Fsp3) is 0.286. The van der Waals surface area contributed by atoms with Crippen molar-refractivity contribution in [2.24, 2.45) is 0 Å². The molecule has 0 atom stereocenters. The molecule has 0 fully saturated rings. The van der Waals surface area contributed by atoms with E-state index < -0.39 is 24.6 Å². The van der Waals surface area contributed by atoms with Crippen molar-refractivity contribution in [3.8, 4) is 6.01 Å². The van der Waals surface area contributed by atoms with Gasteiger partial charge in [-0.3, -0.25) is 0 Å². The molecule has 0 spiro atoms. The van der Waals surface area contributed by atoms with E-state index >= 15 is 0 Å². The van der Waals surface area contributed by atoms with Crippen molar-refractivity contribution in [2.45, 2.75) is 19.6 Å². The summed E-state index contributed by atoms with van der Waals surface area (Å²) in [6.07, 6.45) is -3.75. The second-order valence-corrected chi connectivity index (χ2v) is 4.59. The molecule has 1 N–H and O–H groups in total. The molecule has 22 heavy (non-hydrogen) atoms. The van der Waals surface area contributed by atoms with Crippen LogP contribution in [0.4, 0.5) is 23.4 Å². The monoisotopic (exact) mass is 315 g/mol. The molecule has 2 rings (SSSR count). The van der Waals surface area contributed by atoms with Gasteiger partial charge in [0.25, 0.3) is 0 Å². The molecule has 0 amide bonds. The molecule has 118 valence electrons. The van der Waals surface area contributed by atoms with Crippen LogP contribution < -0.4 is 10.1 Å². The highest BCUT2D eigenvalue weighted by atomic mass is 19.4. The highest BCUT2D eigenvalue weighted by molar-refractivity contribution is 5.37. The lowest BCUT2D eigenvalue weighted by Gasteiger charge is -2.10. The highest BCUT2D eigenvalue weighted by Gasteiger charge is 2.29. The van der Waals surface area contributed by atoms with E-state index in [2.05, 4.69) is 20.0 Å². The van der Waals surface area contributed by atoms with Gasteiger partial charge in [0, 0.05) is 6.54 Å². The normalized spacial score (nSPS) is 11.3. The molecule has 0 aliphatic carbocycles. The molecule has 4 nitrogen and oxygen atoms in total. The molecular weight excluding hydrogens is 302 g/mol. The van der Waals surface area contributed by atoms with Crippen LogP contribution in [0, 0.1) is 12.7 Å². The fourth-order valence-electron chi connectivity index (χ4n) is 1.58. The molecule has 1 heterocycles. The van der Waals surface area contributed by atoms with Crippen molar-refractivity contribution in [1.82, 2.24) is 9.97 Å². The van der Waals surface area contributed by atoms with E-state index in [0.29, 0.717) is 0 Å². The van der Waals surface area contributed by atoms with Crippen LogP contribution in [-0.4, -0.2) is 22.8 Å². The van der Waals surface area contributed by atoms with Gasteiger partial charge in [0.2, 0.25) is 0 Å². The summed E-state index contributed by atoms with van der Waals surface area (Å²) >= 11 is 0. The van der Waals surface area contributed by atoms with Crippen molar-refractivity contribution < 1.29 is 22.3 Å². The molecule has 1 aromatic heterocycles. The molecule has 2 aromatic rings. The van der Waals surface area contributed by atoms with Crippen LogP contribution in [0.2, 0.25) is 0 Å². The van der Waals surface area contributed by atoms with E-state index in [1.165, 1.54) is 0 Å². The topological polar surface area (TPSA) is 47.0 Å². The zero-order chi connectivity index (χ0) is 16.2. The Morgan fingerprint density at radius 2 is 1.86 bits per heavy atom. The fourth-order valence-corrected chi connectivity index (χ4v) is 1.58. The summed E-state index contributed by atoms with van der Waals surface area (Å²) in [7, 11) is 0. The van der Waals surface area contributed by atoms with Crippen LogP contribution in [0.1, 0.15) is 11.1 Å². The number of halogens is 4. The van der Waals surface area contributed by atoms with Gasteiger partial charge < -0.3 is 10.1 Å². The first-order chi connectivity index (χ1) is 10.3. The van der Waals surface area contributed by atoms with E-state index in [4.69, 9.17) is 0 Å². The highest BCUT2D eigenvalue weighted by Crippen LogP contribution is 2.18. The lowest BCUT2D eigenvalue weighted by atomic mass is 10.1. The third-order valence-corrected chi connectivity index (χ3v) is 2.67. The van der Waals surface area contributed by atoms with Crippen LogP contribution in [-0.2, 0) is 6.54 Å². The maximum absolute atomic E-state index is 13.5. The third kappa shape index (κ3) is 4.87. The van der Waals surface area contributed by atoms with Crippen LogP contribution >= 0.6 is 0 Å². The third-order valence-electron chi connectivity index (χ3n) is 2.67. The summed E-state index contributed by atoms with van der Waals surface area (Å²) in [4.78, 5) is 6.95. The summed E-state index contributed by atoms with van der Waals surface area (Å²) in [6.45, 7) is 0.675. The van der Waals surface area contributed by atoms with E-state index in [1.807, 2.05) is 31.2 Å². The van der Waals surface area contributed by atoms with E-state index in [9.17, 15) is 17.6 Å². The average molecular weight is 315 g/mol. The first kappa shape index (κ1) is 16.0. The number of hydrogen-bond acceptors (Lipinski definition) is 4. The first-order valence-corrected chi connectivity index (χ1v) is 6.35. The van der Waals surface area contributed by atoms with Crippen molar-refractivity contribution >= 4 is 5.82 Å². The number of ether oxygens (including phenoxy) is 1. The standard InChI is InChI=1S/C14H13F4N3O/c1-9-2-4-10(5-3-9)6-19-12-11(15)7-20-13(21-12)22-8-14(16,17)18/h2-5,7H,6,8H2,1H3,(H,19,20,21). The molecule has 0 saturated heterocycles. The summed E-state index contributed by atoms with van der Waals surface area (Å²) in [5.41, 5.74) is 1.96. The quantitative estimate of drug-likeness (QED) is 0.858.